The first-order valence-electron chi connectivity index (χ1n) is 7.69. The highest BCUT2D eigenvalue weighted by atomic mass is 35.5. The van der Waals surface area contributed by atoms with E-state index in [1.54, 1.807) is 11.3 Å². The van der Waals surface area contributed by atoms with Crippen LogP contribution in [0.3, 0.4) is 0 Å². The van der Waals surface area contributed by atoms with Gasteiger partial charge in [0.05, 0.1) is 0 Å². The molecule has 0 aliphatic carbocycles. The molecule has 2 rings (SSSR count). The minimum Gasteiger partial charge on any atom is -0.354 e. The molecule has 1 unspecified atom stereocenters. The van der Waals surface area contributed by atoms with Crippen molar-refractivity contribution in [2.24, 2.45) is 5.73 Å². The fourth-order valence-corrected chi connectivity index (χ4v) is 2.95. The number of hydrogen-bond acceptors (Lipinski definition) is 3. The molecular formula is C18H25ClN2OS. The normalized spacial score (nSPS) is 11.8. The van der Waals surface area contributed by atoms with Gasteiger partial charge in [0.1, 0.15) is 0 Å². The van der Waals surface area contributed by atoms with Gasteiger partial charge in [0.25, 0.3) is 0 Å². The zero-order valence-electron chi connectivity index (χ0n) is 13.6. The summed E-state index contributed by atoms with van der Waals surface area (Å²) in [5.41, 5.74) is 9.72. The van der Waals surface area contributed by atoms with E-state index in [9.17, 15) is 4.79 Å². The first kappa shape index (κ1) is 19.7. The van der Waals surface area contributed by atoms with Crippen molar-refractivity contribution in [1.82, 2.24) is 5.32 Å². The van der Waals surface area contributed by atoms with Gasteiger partial charge in [-0.15, -0.1) is 12.4 Å². The van der Waals surface area contributed by atoms with Crippen LogP contribution in [0.2, 0.25) is 0 Å². The third kappa shape index (κ3) is 6.34. The molecule has 3 nitrogen and oxygen atoms in total. The maximum atomic E-state index is 11.9. The smallest absolute Gasteiger partial charge is 0.220 e. The van der Waals surface area contributed by atoms with Crippen molar-refractivity contribution in [3.63, 3.8) is 0 Å². The number of hydrogen-bond donors (Lipinski definition) is 2. The average Bonchev–Trinajstić information content (AvgIpc) is 3.04. The Labute approximate surface area is 148 Å². The van der Waals surface area contributed by atoms with Crippen LogP contribution in [0.4, 0.5) is 0 Å². The van der Waals surface area contributed by atoms with Gasteiger partial charge in [-0.3, -0.25) is 4.79 Å². The summed E-state index contributed by atoms with van der Waals surface area (Å²) >= 11 is 1.66. The Morgan fingerprint density at radius 2 is 1.83 bits per heavy atom. The fourth-order valence-electron chi connectivity index (χ4n) is 2.25. The van der Waals surface area contributed by atoms with Crippen LogP contribution in [-0.2, 0) is 11.2 Å². The standard InChI is InChI=1S/C18H24N2OS.ClH/c1-13(2)15-4-6-16(7-5-15)17(19)11-20-18(21)8-3-14-9-10-22-12-14;/h4-7,9-10,12-13,17H,3,8,11,19H2,1-2H3,(H,20,21);1H. The van der Waals surface area contributed by atoms with Crippen LogP contribution < -0.4 is 11.1 Å². The van der Waals surface area contributed by atoms with Crippen molar-refractivity contribution in [2.45, 2.75) is 38.6 Å². The highest BCUT2D eigenvalue weighted by Crippen LogP contribution is 2.17. The first-order valence-corrected chi connectivity index (χ1v) is 8.63. The molecule has 1 amide bonds. The number of nitrogens with one attached hydrogen (secondary N) is 1. The molecular weight excluding hydrogens is 328 g/mol. The molecule has 1 aromatic carbocycles. The lowest BCUT2D eigenvalue weighted by atomic mass is 9.99. The minimum absolute atomic E-state index is 0. The van der Waals surface area contributed by atoms with Crippen LogP contribution >= 0.6 is 23.7 Å². The summed E-state index contributed by atoms with van der Waals surface area (Å²) in [4.78, 5) is 11.9. The molecule has 3 N–H and O–H groups in total. The number of aryl methyl sites for hydroxylation is 1. The third-order valence-corrected chi connectivity index (χ3v) is 4.50. The summed E-state index contributed by atoms with van der Waals surface area (Å²) in [6.45, 7) is 4.81. The predicted octanol–water partition coefficient (Wildman–Crippen LogP) is 4.04. The molecule has 0 saturated carbocycles. The highest BCUT2D eigenvalue weighted by molar-refractivity contribution is 7.07. The van der Waals surface area contributed by atoms with Gasteiger partial charge in [-0.25, -0.2) is 0 Å². The van der Waals surface area contributed by atoms with Crippen LogP contribution in [0.5, 0.6) is 0 Å². The Morgan fingerprint density at radius 1 is 1.17 bits per heavy atom. The van der Waals surface area contributed by atoms with E-state index < -0.39 is 0 Å². The molecule has 126 valence electrons. The number of thiophene rings is 1. The summed E-state index contributed by atoms with van der Waals surface area (Å²) in [6.07, 6.45) is 1.30. The van der Waals surface area contributed by atoms with Crippen molar-refractivity contribution in [1.29, 1.82) is 0 Å². The van der Waals surface area contributed by atoms with E-state index in [1.165, 1.54) is 11.1 Å². The predicted molar refractivity (Wildman–Crippen MR) is 100 cm³/mol. The second-order valence-electron chi connectivity index (χ2n) is 5.86. The van der Waals surface area contributed by atoms with E-state index in [2.05, 4.69) is 54.9 Å². The second kappa shape index (κ2) is 9.71. The second-order valence-corrected chi connectivity index (χ2v) is 6.64. The Hall–Kier alpha value is -1.36. The van der Waals surface area contributed by atoms with E-state index in [-0.39, 0.29) is 24.4 Å². The topological polar surface area (TPSA) is 55.1 Å². The van der Waals surface area contributed by atoms with Gasteiger partial charge in [0.15, 0.2) is 0 Å². The van der Waals surface area contributed by atoms with E-state index in [4.69, 9.17) is 5.73 Å². The third-order valence-electron chi connectivity index (χ3n) is 3.77. The van der Waals surface area contributed by atoms with Crippen LogP contribution in [0.15, 0.2) is 41.1 Å². The van der Waals surface area contributed by atoms with Gasteiger partial charge in [-0.2, -0.15) is 11.3 Å². The fraction of sp³-hybridized carbons (Fsp3) is 0.389. The lowest BCUT2D eigenvalue weighted by Gasteiger charge is -2.14. The molecule has 2 aromatic rings. The van der Waals surface area contributed by atoms with Crippen LogP contribution in [0.1, 0.15) is 48.9 Å². The average molecular weight is 353 g/mol. The molecule has 0 bridgehead atoms. The van der Waals surface area contributed by atoms with Crippen LogP contribution in [0, 0.1) is 0 Å². The maximum absolute atomic E-state index is 11.9. The van der Waals surface area contributed by atoms with E-state index in [1.807, 2.05) is 5.38 Å². The summed E-state index contributed by atoms with van der Waals surface area (Å²) in [5, 5.41) is 7.03. The van der Waals surface area contributed by atoms with Gasteiger partial charge in [0.2, 0.25) is 5.91 Å². The van der Waals surface area contributed by atoms with Crippen LogP contribution in [-0.4, -0.2) is 12.5 Å². The van der Waals surface area contributed by atoms with Crippen LogP contribution in [0.25, 0.3) is 0 Å². The number of benzene rings is 1. The lowest BCUT2D eigenvalue weighted by molar-refractivity contribution is -0.121. The van der Waals surface area contributed by atoms with E-state index >= 15 is 0 Å². The summed E-state index contributed by atoms with van der Waals surface area (Å²) in [7, 11) is 0. The molecule has 23 heavy (non-hydrogen) atoms. The Morgan fingerprint density at radius 3 is 2.39 bits per heavy atom. The molecule has 0 radical (unpaired) electrons. The Balaban J connectivity index is 0.00000264. The Kier molecular flexibility index (Phi) is 8.31. The van der Waals surface area contributed by atoms with Crippen molar-refractivity contribution >= 4 is 29.7 Å². The van der Waals surface area contributed by atoms with Gasteiger partial charge >= 0.3 is 0 Å². The summed E-state index contributed by atoms with van der Waals surface area (Å²) < 4.78 is 0. The summed E-state index contributed by atoms with van der Waals surface area (Å²) in [6, 6.07) is 10.2. The van der Waals surface area contributed by atoms with Gasteiger partial charge in [-0.05, 0) is 45.9 Å². The zero-order chi connectivity index (χ0) is 15.9. The molecule has 0 aliphatic rings. The Bertz CT molecular complexity index is 582. The van der Waals surface area contributed by atoms with Gasteiger partial charge in [0, 0.05) is 19.0 Å². The van der Waals surface area contributed by atoms with Crippen molar-refractivity contribution in [3.8, 4) is 0 Å². The number of amides is 1. The molecule has 5 heteroatoms. The maximum Gasteiger partial charge on any atom is 0.220 e. The van der Waals surface area contributed by atoms with Gasteiger partial charge in [-0.1, -0.05) is 38.1 Å². The lowest BCUT2D eigenvalue weighted by Crippen LogP contribution is -2.32. The number of rotatable bonds is 7. The molecule has 1 heterocycles. The van der Waals surface area contributed by atoms with Gasteiger partial charge < -0.3 is 11.1 Å². The van der Waals surface area contributed by atoms with Crippen molar-refractivity contribution in [3.05, 3.63) is 57.8 Å². The molecule has 1 atom stereocenters. The summed E-state index contributed by atoms with van der Waals surface area (Å²) in [5.74, 6) is 0.572. The number of nitrogens with two attached hydrogens (primary N) is 1. The largest absolute Gasteiger partial charge is 0.354 e. The molecule has 1 aromatic heterocycles. The zero-order valence-corrected chi connectivity index (χ0v) is 15.3. The molecule has 0 fully saturated rings. The monoisotopic (exact) mass is 352 g/mol. The number of halogens is 1. The minimum atomic E-state index is -0.161. The first-order chi connectivity index (χ1) is 10.6. The number of carbonyl (C=O) groups is 1. The highest BCUT2D eigenvalue weighted by Gasteiger charge is 2.09. The quantitative estimate of drug-likeness (QED) is 0.790. The van der Waals surface area contributed by atoms with Crippen molar-refractivity contribution in [2.75, 3.05) is 6.54 Å². The SMILES string of the molecule is CC(C)c1ccc(C(N)CNC(=O)CCc2ccsc2)cc1.Cl. The van der Waals surface area contributed by atoms with Crippen molar-refractivity contribution < 1.29 is 4.79 Å². The number of carbonyl (C=O) groups excluding carboxylic acids is 1. The van der Waals surface area contributed by atoms with E-state index in [0.29, 0.717) is 18.9 Å². The van der Waals surface area contributed by atoms with E-state index in [0.717, 1.165) is 12.0 Å². The molecule has 0 aliphatic heterocycles. The molecule has 0 saturated heterocycles. The molecule has 0 spiro atoms.